The Hall–Kier alpha value is -0.000000000000000222. The Balaban J connectivity index is 0.00000242. The van der Waals surface area contributed by atoms with Gasteiger partial charge in [-0.3, -0.25) is 4.90 Å². The van der Waals surface area contributed by atoms with Gasteiger partial charge in [-0.1, -0.05) is 42.1 Å². The van der Waals surface area contributed by atoms with Crippen molar-refractivity contribution in [3.8, 4) is 5.75 Å². The van der Waals surface area contributed by atoms with E-state index in [0.29, 0.717) is 6.04 Å². The third-order valence-electron chi connectivity index (χ3n) is 4.24. The molecule has 0 unspecified atom stereocenters. The number of hydrogen-bond acceptors (Lipinski definition) is 3. The second-order valence-electron chi connectivity index (χ2n) is 5.68. The Morgan fingerprint density at radius 3 is 2.52 bits per heavy atom. The van der Waals surface area contributed by atoms with Crippen LogP contribution in [-0.2, 0) is 0 Å². The van der Waals surface area contributed by atoms with Crippen LogP contribution >= 0.6 is 40.7 Å². The molecule has 23 heavy (non-hydrogen) atoms. The summed E-state index contributed by atoms with van der Waals surface area (Å²) in [6.07, 6.45) is 5.09. The Labute approximate surface area is 161 Å². The van der Waals surface area contributed by atoms with Crippen molar-refractivity contribution in [1.29, 1.82) is 0 Å². The van der Waals surface area contributed by atoms with Gasteiger partial charge < -0.3 is 10.1 Å². The number of ether oxygens (including phenoxy) is 1. The van der Waals surface area contributed by atoms with Crippen molar-refractivity contribution in [3.05, 3.63) is 28.2 Å². The van der Waals surface area contributed by atoms with E-state index in [0.717, 1.165) is 31.9 Å². The molecule has 0 aromatic heterocycles. The average molecular weight is 428 g/mol. The molecule has 1 aromatic rings. The number of hydrogen-bond donors (Lipinski definition) is 1. The topological polar surface area (TPSA) is 24.5 Å². The van der Waals surface area contributed by atoms with E-state index < -0.39 is 0 Å². The number of piperazine rings is 1. The van der Waals surface area contributed by atoms with Gasteiger partial charge in [-0.05, 0) is 30.2 Å². The van der Waals surface area contributed by atoms with Crippen LogP contribution in [0.15, 0.2) is 22.7 Å². The van der Waals surface area contributed by atoms with Crippen molar-refractivity contribution in [2.45, 2.75) is 38.6 Å². The predicted molar refractivity (Wildman–Crippen MR) is 107 cm³/mol. The van der Waals surface area contributed by atoms with Gasteiger partial charge >= 0.3 is 0 Å². The quantitative estimate of drug-likeness (QED) is 0.630. The molecule has 1 saturated heterocycles. The zero-order chi connectivity index (χ0) is 15.1. The first-order valence-corrected chi connectivity index (χ1v) is 8.83. The van der Waals surface area contributed by atoms with E-state index in [1.807, 2.05) is 6.07 Å². The minimum atomic E-state index is 0. The lowest BCUT2D eigenvalue weighted by atomic mass is 9.98. The van der Waals surface area contributed by atoms with Crippen LogP contribution in [0.3, 0.4) is 0 Å². The van der Waals surface area contributed by atoms with Crippen molar-refractivity contribution in [2.24, 2.45) is 0 Å². The summed E-state index contributed by atoms with van der Waals surface area (Å²) in [5.41, 5.74) is 1.37. The van der Waals surface area contributed by atoms with E-state index in [2.05, 4.69) is 45.2 Å². The van der Waals surface area contributed by atoms with Crippen molar-refractivity contribution in [2.75, 3.05) is 33.3 Å². The van der Waals surface area contributed by atoms with Gasteiger partial charge in [-0.2, -0.15) is 0 Å². The number of unbranched alkanes of at least 4 members (excludes halogenated alkanes) is 2. The molecular formula is C17H29BrCl2N2O. The van der Waals surface area contributed by atoms with Crippen LogP contribution in [0, 0.1) is 0 Å². The summed E-state index contributed by atoms with van der Waals surface area (Å²) in [4.78, 5) is 2.62. The average Bonchev–Trinajstić information content (AvgIpc) is 2.53. The van der Waals surface area contributed by atoms with Crippen molar-refractivity contribution >= 4 is 40.7 Å². The smallest absolute Gasteiger partial charge is 0.119 e. The van der Waals surface area contributed by atoms with Gasteiger partial charge in [0.05, 0.1) is 7.11 Å². The number of halogens is 3. The summed E-state index contributed by atoms with van der Waals surface area (Å²) in [6.45, 7) is 6.69. The molecule has 0 amide bonds. The fourth-order valence-electron chi connectivity index (χ4n) is 3.02. The van der Waals surface area contributed by atoms with E-state index in [1.54, 1.807) is 7.11 Å². The maximum absolute atomic E-state index is 5.42. The summed E-state index contributed by atoms with van der Waals surface area (Å²) in [5.74, 6) is 0.948. The molecule has 0 aliphatic carbocycles. The lowest BCUT2D eigenvalue weighted by molar-refractivity contribution is 0.162. The Morgan fingerprint density at radius 1 is 1.22 bits per heavy atom. The number of methoxy groups -OCH3 is 1. The molecule has 1 aliphatic heterocycles. The molecule has 0 spiro atoms. The van der Waals surface area contributed by atoms with Crippen LogP contribution in [0.25, 0.3) is 0 Å². The second kappa shape index (κ2) is 12.4. The molecule has 1 heterocycles. The van der Waals surface area contributed by atoms with Crippen molar-refractivity contribution in [1.82, 2.24) is 10.2 Å². The van der Waals surface area contributed by atoms with Gasteiger partial charge in [0.1, 0.15) is 5.75 Å². The van der Waals surface area contributed by atoms with Gasteiger partial charge in [-0.15, -0.1) is 24.8 Å². The summed E-state index contributed by atoms with van der Waals surface area (Å²) in [6, 6.07) is 6.82. The first kappa shape index (κ1) is 23.0. The zero-order valence-corrected chi connectivity index (χ0v) is 17.2. The zero-order valence-electron chi connectivity index (χ0n) is 14.0. The fraction of sp³-hybridized carbons (Fsp3) is 0.647. The number of nitrogens with one attached hydrogen (secondary N) is 1. The normalized spacial score (nSPS) is 16.1. The first-order valence-electron chi connectivity index (χ1n) is 8.04. The second-order valence-corrected chi connectivity index (χ2v) is 6.54. The van der Waals surface area contributed by atoms with Crippen LogP contribution in [0.1, 0.15) is 44.2 Å². The summed E-state index contributed by atoms with van der Waals surface area (Å²) >= 11 is 3.74. The molecule has 6 heteroatoms. The molecule has 0 saturated carbocycles. The Bertz CT molecular complexity index is 443. The lowest BCUT2D eigenvalue weighted by Crippen LogP contribution is -2.45. The molecular weight excluding hydrogens is 399 g/mol. The van der Waals surface area contributed by atoms with E-state index in [9.17, 15) is 0 Å². The minimum Gasteiger partial charge on any atom is -0.497 e. The molecule has 3 nitrogen and oxygen atoms in total. The van der Waals surface area contributed by atoms with Crippen LogP contribution in [0.4, 0.5) is 0 Å². The lowest BCUT2D eigenvalue weighted by Gasteiger charge is -2.36. The highest BCUT2D eigenvalue weighted by atomic mass is 79.9. The fourth-order valence-corrected chi connectivity index (χ4v) is 3.53. The van der Waals surface area contributed by atoms with Crippen LogP contribution in [0.2, 0.25) is 0 Å². The SMILES string of the molecule is CCCCC[C@@H](c1cc(OC)ccc1Br)N1CCNCC1.Cl.Cl. The van der Waals surface area contributed by atoms with Gasteiger partial charge in [0, 0.05) is 36.7 Å². The summed E-state index contributed by atoms with van der Waals surface area (Å²) < 4.78 is 6.62. The summed E-state index contributed by atoms with van der Waals surface area (Å²) in [5, 5.41) is 3.45. The predicted octanol–water partition coefficient (Wildman–Crippen LogP) is 4.83. The van der Waals surface area contributed by atoms with Gasteiger partial charge in [0.25, 0.3) is 0 Å². The molecule has 1 aliphatic rings. The highest BCUT2D eigenvalue weighted by Crippen LogP contribution is 2.34. The summed E-state index contributed by atoms with van der Waals surface area (Å²) in [7, 11) is 1.74. The molecule has 1 atom stereocenters. The van der Waals surface area contributed by atoms with Crippen LogP contribution in [-0.4, -0.2) is 38.2 Å². The van der Waals surface area contributed by atoms with Crippen LogP contribution < -0.4 is 10.1 Å². The van der Waals surface area contributed by atoms with Crippen molar-refractivity contribution in [3.63, 3.8) is 0 Å². The maximum atomic E-state index is 5.42. The number of nitrogens with zero attached hydrogens (tertiary/aromatic N) is 1. The molecule has 2 rings (SSSR count). The maximum Gasteiger partial charge on any atom is 0.119 e. The Morgan fingerprint density at radius 2 is 1.91 bits per heavy atom. The van der Waals surface area contributed by atoms with E-state index in [4.69, 9.17) is 4.74 Å². The highest BCUT2D eigenvalue weighted by molar-refractivity contribution is 9.10. The Kier molecular flexibility index (Phi) is 12.4. The van der Waals surface area contributed by atoms with E-state index >= 15 is 0 Å². The van der Waals surface area contributed by atoms with Gasteiger partial charge in [-0.25, -0.2) is 0 Å². The largest absolute Gasteiger partial charge is 0.497 e. The van der Waals surface area contributed by atoms with Gasteiger partial charge in [0.2, 0.25) is 0 Å². The molecule has 0 bridgehead atoms. The third kappa shape index (κ3) is 6.79. The third-order valence-corrected chi connectivity index (χ3v) is 4.96. The molecule has 1 N–H and O–H groups in total. The highest BCUT2D eigenvalue weighted by Gasteiger charge is 2.23. The molecule has 0 radical (unpaired) electrons. The standard InChI is InChI=1S/C17H27BrN2O.2ClH/c1-3-4-5-6-17(20-11-9-19-10-12-20)15-13-14(21-2)7-8-16(15)18;;/h7-8,13,17,19H,3-6,9-12H2,1-2H3;2*1H/t17-;;/m0../s1. The molecule has 1 fully saturated rings. The van der Waals surface area contributed by atoms with Gasteiger partial charge in [0.15, 0.2) is 0 Å². The first-order chi connectivity index (χ1) is 10.3. The van der Waals surface area contributed by atoms with E-state index in [-0.39, 0.29) is 24.8 Å². The minimum absolute atomic E-state index is 0. The van der Waals surface area contributed by atoms with Crippen LogP contribution in [0.5, 0.6) is 5.75 Å². The molecule has 134 valence electrons. The van der Waals surface area contributed by atoms with E-state index in [1.165, 1.54) is 35.7 Å². The number of rotatable bonds is 7. The monoisotopic (exact) mass is 426 g/mol. The van der Waals surface area contributed by atoms with Crippen molar-refractivity contribution < 1.29 is 4.74 Å². The number of benzene rings is 1. The molecule has 1 aromatic carbocycles.